The predicted octanol–water partition coefficient (Wildman–Crippen LogP) is 0.578. The molecule has 98 valence electrons. The zero-order valence-electron chi connectivity index (χ0n) is 10.4. The summed E-state index contributed by atoms with van der Waals surface area (Å²) in [6.07, 6.45) is 4.53. The van der Waals surface area contributed by atoms with Crippen LogP contribution in [0, 0.1) is 5.92 Å². The molecule has 17 heavy (non-hydrogen) atoms. The molecule has 2 fully saturated rings. The normalized spacial score (nSPS) is 32.5. The van der Waals surface area contributed by atoms with E-state index in [0.717, 1.165) is 0 Å². The molecule has 2 atom stereocenters. The second-order valence-corrected chi connectivity index (χ2v) is 5.13. The molecule has 2 aliphatic rings. The fourth-order valence-corrected chi connectivity index (χ4v) is 3.11. The SMILES string of the molecule is CN1C2CCC1CC(CNC(=O)OCCO)C2. The molecule has 0 aromatic heterocycles. The monoisotopic (exact) mass is 242 g/mol. The van der Waals surface area contributed by atoms with Gasteiger partial charge in [-0.1, -0.05) is 0 Å². The van der Waals surface area contributed by atoms with Crippen LogP contribution in [0.1, 0.15) is 25.7 Å². The summed E-state index contributed by atoms with van der Waals surface area (Å²) in [4.78, 5) is 13.7. The van der Waals surface area contributed by atoms with Crippen LogP contribution in [-0.4, -0.2) is 55.0 Å². The number of nitrogens with zero attached hydrogens (tertiary/aromatic N) is 1. The smallest absolute Gasteiger partial charge is 0.407 e. The van der Waals surface area contributed by atoms with E-state index in [4.69, 9.17) is 9.84 Å². The molecule has 5 nitrogen and oxygen atoms in total. The number of carbonyl (C=O) groups excluding carboxylic acids is 1. The average molecular weight is 242 g/mol. The Morgan fingerprint density at radius 3 is 2.65 bits per heavy atom. The van der Waals surface area contributed by atoms with Gasteiger partial charge in [0.1, 0.15) is 6.61 Å². The fraction of sp³-hybridized carbons (Fsp3) is 0.917. The number of nitrogens with one attached hydrogen (secondary N) is 1. The van der Waals surface area contributed by atoms with Crippen molar-refractivity contribution in [2.24, 2.45) is 5.92 Å². The maximum Gasteiger partial charge on any atom is 0.407 e. The van der Waals surface area contributed by atoms with Crippen molar-refractivity contribution in [3.8, 4) is 0 Å². The molecule has 2 aliphatic heterocycles. The number of hydrogen-bond donors (Lipinski definition) is 2. The first-order valence-corrected chi connectivity index (χ1v) is 6.44. The first kappa shape index (κ1) is 12.6. The molecule has 0 aromatic carbocycles. The van der Waals surface area contributed by atoms with Gasteiger partial charge >= 0.3 is 6.09 Å². The van der Waals surface area contributed by atoms with E-state index in [1.165, 1.54) is 25.7 Å². The average Bonchev–Trinajstić information content (AvgIpc) is 2.57. The number of piperidine rings is 1. The molecule has 1 amide bonds. The van der Waals surface area contributed by atoms with Crippen molar-refractivity contribution in [1.29, 1.82) is 0 Å². The van der Waals surface area contributed by atoms with Gasteiger partial charge in [-0.3, -0.25) is 0 Å². The Hall–Kier alpha value is -0.810. The second-order valence-electron chi connectivity index (χ2n) is 5.13. The second kappa shape index (κ2) is 5.69. The van der Waals surface area contributed by atoms with Gasteiger partial charge in [0.2, 0.25) is 0 Å². The van der Waals surface area contributed by atoms with E-state index in [1.807, 2.05) is 0 Å². The molecule has 0 aliphatic carbocycles. The number of fused-ring (bicyclic) bond motifs is 2. The van der Waals surface area contributed by atoms with E-state index in [2.05, 4.69) is 17.3 Å². The minimum atomic E-state index is -0.412. The van der Waals surface area contributed by atoms with E-state index < -0.39 is 6.09 Å². The van der Waals surface area contributed by atoms with Crippen LogP contribution in [-0.2, 0) is 4.74 Å². The molecule has 2 saturated heterocycles. The van der Waals surface area contributed by atoms with Gasteiger partial charge in [-0.2, -0.15) is 0 Å². The summed E-state index contributed by atoms with van der Waals surface area (Å²) in [5, 5.41) is 11.3. The summed E-state index contributed by atoms with van der Waals surface area (Å²) in [6, 6.07) is 1.41. The van der Waals surface area contributed by atoms with Crippen molar-refractivity contribution >= 4 is 6.09 Å². The summed E-state index contributed by atoms with van der Waals surface area (Å²) >= 11 is 0. The van der Waals surface area contributed by atoms with Crippen LogP contribution in [0.2, 0.25) is 0 Å². The van der Waals surface area contributed by atoms with E-state index >= 15 is 0 Å². The summed E-state index contributed by atoms with van der Waals surface area (Å²) in [6.45, 7) is 0.654. The van der Waals surface area contributed by atoms with E-state index in [0.29, 0.717) is 24.5 Å². The van der Waals surface area contributed by atoms with Crippen molar-refractivity contribution < 1.29 is 14.6 Å². The Bertz CT molecular complexity index is 258. The molecule has 0 spiro atoms. The Kier molecular flexibility index (Phi) is 4.23. The van der Waals surface area contributed by atoms with Crippen molar-refractivity contribution in [3.05, 3.63) is 0 Å². The number of hydrogen-bond acceptors (Lipinski definition) is 4. The van der Waals surface area contributed by atoms with Gasteiger partial charge in [0, 0.05) is 18.6 Å². The van der Waals surface area contributed by atoms with Crippen LogP contribution in [0.25, 0.3) is 0 Å². The van der Waals surface area contributed by atoms with Gasteiger partial charge in [-0.15, -0.1) is 0 Å². The maximum atomic E-state index is 11.2. The number of amides is 1. The molecule has 0 saturated carbocycles. The quantitative estimate of drug-likeness (QED) is 0.757. The zero-order chi connectivity index (χ0) is 12.3. The number of aliphatic hydroxyl groups excluding tert-OH is 1. The summed E-state index contributed by atoms with van der Waals surface area (Å²) in [5.74, 6) is 0.574. The maximum absolute atomic E-state index is 11.2. The van der Waals surface area contributed by atoms with Crippen molar-refractivity contribution in [2.75, 3.05) is 26.8 Å². The van der Waals surface area contributed by atoms with Gasteiger partial charge in [0.25, 0.3) is 0 Å². The van der Waals surface area contributed by atoms with Crippen LogP contribution < -0.4 is 5.32 Å². The number of alkyl carbamates (subject to hydrolysis) is 1. The summed E-state index contributed by atoms with van der Waals surface area (Å²) in [7, 11) is 2.21. The molecule has 2 rings (SSSR count). The number of aliphatic hydroxyl groups is 1. The highest BCUT2D eigenvalue weighted by atomic mass is 16.6. The third-order valence-corrected chi connectivity index (χ3v) is 4.06. The Morgan fingerprint density at radius 1 is 1.41 bits per heavy atom. The minimum absolute atomic E-state index is 0.0739. The highest BCUT2D eigenvalue weighted by Gasteiger charge is 2.38. The molecule has 0 aromatic rings. The van der Waals surface area contributed by atoms with Crippen LogP contribution in [0.15, 0.2) is 0 Å². The van der Waals surface area contributed by atoms with Gasteiger partial charge in [0.05, 0.1) is 6.61 Å². The molecule has 2 heterocycles. The molecular weight excluding hydrogens is 220 g/mol. The van der Waals surface area contributed by atoms with Crippen LogP contribution in [0.4, 0.5) is 4.79 Å². The Morgan fingerprint density at radius 2 is 2.06 bits per heavy atom. The van der Waals surface area contributed by atoms with E-state index in [-0.39, 0.29) is 13.2 Å². The largest absolute Gasteiger partial charge is 0.447 e. The van der Waals surface area contributed by atoms with Crippen molar-refractivity contribution in [1.82, 2.24) is 10.2 Å². The third-order valence-electron chi connectivity index (χ3n) is 4.06. The molecule has 5 heteroatoms. The van der Waals surface area contributed by atoms with Crippen LogP contribution in [0.3, 0.4) is 0 Å². The molecular formula is C12H22N2O3. The fourth-order valence-electron chi connectivity index (χ4n) is 3.11. The molecule has 0 radical (unpaired) electrons. The van der Waals surface area contributed by atoms with Gasteiger partial charge < -0.3 is 20.1 Å². The number of carbonyl (C=O) groups is 1. The first-order chi connectivity index (χ1) is 8.20. The van der Waals surface area contributed by atoms with Crippen LogP contribution in [0.5, 0.6) is 0 Å². The lowest BCUT2D eigenvalue weighted by Gasteiger charge is -2.36. The molecule has 2 N–H and O–H groups in total. The topological polar surface area (TPSA) is 61.8 Å². The first-order valence-electron chi connectivity index (χ1n) is 6.44. The van der Waals surface area contributed by atoms with Gasteiger partial charge in [0.15, 0.2) is 0 Å². The lowest BCUT2D eigenvalue weighted by Crippen LogP contribution is -2.43. The minimum Gasteiger partial charge on any atom is -0.447 e. The lowest BCUT2D eigenvalue weighted by molar-refractivity contribution is 0.109. The van der Waals surface area contributed by atoms with Crippen molar-refractivity contribution in [3.63, 3.8) is 0 Å². The van der Waals surface area contributed by atoms with E-state index in [1.54, 1.807) is 0 Å². The van der Waals surface area contributed by atoms with Gasteiger partial charge in [-0.05, 0) is 38.6 Å². The lowest BCUT2D eigenvalue weighted by atomic mass is 9.91. The number of ether oxygens (including phenoxy) is 1. The Balaban J connectivity index is 1.69. The summed E-state index contributed by atoms with van der Waals surface area (Å²) in [5.41, 5.74) is 0. The highest BCUT2D eigenvalue weighted by molar-refractivity contribution is 5.67. The van der Waals surface area contributed by atoms with Crippen molar-refractivity contribution in [2.45, 2.75) is 37.8 Å². The summed E-state index contributed by atoms with van der Waals surface area (Å²) < 4.78 is 4.76. The zero-order valence-corrected chi connectivity index (χ0v) is 10.4. The van der Waals surface area contributed by atoms with E-state index in [9.17, 15) is 4.79 Å². The highest BCUT2D eigenvalue weighted by Crippen LogP contribution is 2.36. The van der Waals surface area contributed by atoms with Gasteiger partial charge in [-0.25, -0.2) is 4.79 Å². The third kappa shape index (κ3) is 3.10. The standard InChI is InChI=1S/C12H22N2O3/c1-14-10-2-3-11(14)7-9(6-10)8-13-12(16)17-5-4-15/h9-11,15H,2-8H2,1H3,(H,13,16). The number of rotatable bonds is 4. The predicted molar refractivity (Wildman–Crippen MR) is 63.7 cm³/mol. The Labute approximate surface area is 102 Å². The molecule has 2 unspecified atom stereocenters. The van der Waals surface area contributed by atoms with Crippen LogP contribution >= 0.6 is 0 Å². The molecule has 2 bridgehead atoms.